The van der Waals surface area contributed by atoms with Gasteiger partial charge in [0.25, 0.3) is 0 Å². The van der Waals surface area contributed by atoms with Crippen LogP contribution in [-0.4, -0.2) is 26.9 Å². The topological polar surface area (TPSA) is 9.23 Å². The fourth-order valence-corrected chi connectivity index (χ4v) is 1.54. The lowest BCUT2D eigenvalue weighted by Crippen LogP contribution is -2.26. The molecule has 0 bridgehead atoms. The Hall–Kier alpha value is 0.527. The van der Waals surface area contributed by atoms with E-state index in [-0.39, 0.29) is 0 Å². The summed E-state index contributed by atoms with van der Waals surface area (Å²) in [5.41, 5.74) is 0. The van der Waals surface area contributed by atoms with Crippen molar-refractivity contribution in [3.63, 3.8) is 0 Å². The minimum absolute atomic E-state index is 0.927. The molecular formula is C6H16OSSi. The summed E-state index contributed by atoms with van der Waals surface area (Å²) in [6.45, 7) is 7.57. The van der Waals surface area contributed by atoms with Gasteiger partial charge in [-0.25, -0.2) is 0 Å². The largest absolute Gasteiger partial charge is 0.417 e. The Bertz CT molecular complexity index is 69.9. The van der Waals surface area contributed by atoms with Crippen molar-refractivity contribution in [2.24, 2.45) is 0 Å². The second-order valence-electron chi connectivity index (χ2n) is 2.95. The molecule has 0 atom stereocenters. The summed E-state index contributed by atoms with van der Waals surface area (Å²) in [5, 5.41) is 0. The molecule has 0 aromatic heterocycles. The van der Waals surface area contributed by atoms with Crippen LogP contribution in [0.25, 0.3) is 0 Å². The molecule has 0 spiro atoms. The van der Waals surface area contributed by atoms with E-state index in [4.69, 9.17) is 4.43 Å². The minimum atomic E-state index is -1.21. The first-order valence-corrected chi connectivity index (χ1v) is 7.99. The van der Waals surface area contributed by atoms with Gasteiger partial charge in [-0.2, -0.15) is 11.8 Å². The Kier molecular flexibility index (Phi) is 4.61. The first-order valence-electron chi connectivity index (χ1n) is 3.19. The highest BCUT2D eigenvalue weighted by Gasteiger charge is 2.12. The zero-order valence-electron chi connectivity index (χ0n) is 6.73. The second-order valence-corrected chi connectivity index (χ2v) is 8.45. The molecule has 0 rings (SSSR count). The fourth-order valence-electron chi connectivity index (χ4n) is 0.431. The van der Waals surface area contributed by atoms with Crippen molar-refractivity contribution < 1.29 is 4.43 Å². The Morgan fingerprint density at radius 2 is 1.89 bits per heavy atom. The van der Waals surface area contributed by atoms with Crippen molar-refractivity contribution in [3.05, 3.63) is 0 Å². The molecule has 0 radical (unpaired) electrons. The summed E-state index contributed by atoms with van der Waals surface area (Å²) < 4.78 is 5.59. The summed E-state index contributed by atoms with van der Waals surface area (Å²) in [4.78, 5) is 0. The van der Waals surface area contributed by atoms with Gasteiger partial charge in [0, 0.05) is 12.4 Å². The molecule has 0 aromatic rings. The lowest BCUT2D eigenvalue weighted by Gasteiger charge is -2.15. The van der Waals surface area contributed by atoms with E-state index in [1.165, 1.54) is 0 Å². The Morgan fingerprint density at radius 3 is 2.22 bits per heavy atom. The lowest BCUT2D eigenvalue weighted by molar-refractivity contribution is 0.338. The van der Waals surface area contributed by atoms with Gasteiger partial charge in [-0.15, -0.1) is 0 Å². The van der Waals surface area contributed by atoms with E-state index in [2.05, 4.69) is 25.9 Å². The molecule has 0 N–H and O–H groups in total. The molecule has 0 aromatic carbocycles. The van der Waals surface area contributed by atoms with E-state index in [0.717, 1.165) is 12.4 Å². The zero-order chi connectivity index (χ0) is 7.33. The van der Waals surface area contributed by atoms with E-state index in [1.807, 2.05) is 11.8 Å². The maximum atomic E-state index is 5.59. The monoisotopic (exact) mass is 164 g/mol. The van der Waals surface area contributed by atoms with Crippen LogP contribution in [0.15, 0.2) is 0 Å². The zero-order valence-corrected chi connectivity index (χ0v) is 8.55. The van der Waals surface area contributed by atoms with Gasteiger partial charge in [-0.3, -0.25) is 0 Å². The van der Waals surface area contributed by atoms with Crippen molar-refractivity contribution in [2.75, 3.05) is 18.6 Å². The standard InChI is InChI=1S/C6H16OSSi/c1-8-6-5-7-9(2,3)4/h5-6H2,1-4H3. The van der Waals surface area contributed by atoms with E-state index in [1.54, 1.807) is 0 Å². The fraction of sp³-hybridized carbons (Fsp3) is 1.00. The minimum Gasteiger partial charge on any atom is -0.417 e. The Balaban J connectivity index is 3.07. The first-order chi connectivity index (χ1) is 4.06. The molecule has 0 aliphatic carbocycles. The van der Waals surface area contributed by atoms with Gasteiger partial charge in [-0.05, 0) is 25.9 Å². The smallest absolute Gasteiger partial charge is 0.183 e. The normalized spacial score (nSPS) is 12.0. The highest BCUT2D eigenvalue weighted by atomic mass is 32.2. The van der Waals surface area contributed by atoms with Crippen LogP contribution in [0.4, 0.5) is 0 Å². The molecule has 0 saturated carbocycles. The molecule has 0 aliphatic heterocycles. The number of thioether (sulfide) groups is 1. The van der Waals surface area contributed by atoms with Gasteiger partial charge in [-0.1, -0.05) is 0 Å². The second kappa shape index (κ2) is 4.36. The number of rotatable bonds is 4. The van der Waals surface area contributed by atoms with Crippen molar-refractivity contribution >= 4 is 20.1 Å². The SMILES string of the molecule is CSCCO[Si](C)(C)C. The highest BCUT2D eigenvalue weighted by Crippen LogP contribution is 2.03. The molecule has 0 heterocycles. The quantitative estimate of drug-likeness (QED) is 0.465. The van der Waals surface area contributed by atoms with Crippen molar-refractivity contribution in [2.45, 2.75) is 19.6 Å². The van der Waals surface area contributed by atoms with E-state index in [0.29, 0.717) is 0 Å². The predicted octanol–water partition coefficient (Wildman–Crippen LogP) is 2.20. The van der Waals surface area contributed by atoms with Gasteiger partial charge in [0.2, 0.25) is 0 Å². The molecule has 0 saturated heterocycles. The van der Waals surface area contributed by atoms with Crippen LogP contribution in [0.1, 0.15) is 0 Å². The molecule has 9 heavy (non-hydrogen) atoms. The first kappa shape index (κ1) is 9.53. The number of hydrogen-bond acceptors (Lipinski definition) is 2. The van der Waals surface area contributed by atoms with E-state index >= 15 is 0 Å². The molecule has 0 aliphatic rings. The maximum absolute atomic E-state index is 5.59. The average molecular weight is 164 g/mol. The average Bonchev–Trinajstić information content (AvgIpc) is 1.63. The molecule has 3 heteroatoms. The molecule has 56 valence electrons. The van der Waals surface area contributed by atoms with Gasteiger partial charge in [0.1, 0.15) is 0 Å². The highest BCUT2D eigenvalue weighted by molar-refractivity contribution is 7.98. The molecule has 0 unspecified atom stereocenters. The summed E-state index contributed by atoms with van der Waals surface area (Å²) in [7, 11) is -1.21. The summed E-state index contributed by atoms with van der Waals surface area (Å²) in [5.74, 6) is 1.13. The van der Waals surface area contributed by atoms with Crippen LogP contribution in [0.5, 0.6) is 0 Å². The Labute approximate surface area is 63.3 Å². The van der Waals surface area contributed by atoms with Crippen LogP contribution in [-0.2, 0) is 4.43 Å². The third-order valence-corrected chi connectivity index (χ3v) is 2.47. The molecule has 1 nitrogen and oxygen atoms in total. The summed E-state index contributed by atoms with van der Waals surface area (Å²) in [6, 6.07) is 0. The van der Waals surface area contributed by atoms with Gasteiger partial charge in [0.05, 0.1) is 0 Å². The van der Waals surface area contributed by atoms with Crippen molar-refractivity contribution in [1.29, 1.82) is 0 Å². The van der Waals surface area contributed by atoms with Crippen LogP contribution >= 0.6 is 11.8 Å². The molecule has 0 amide bonds. The van der Waals surface area contributed by atoms with Crippen LogP contribution in [0, 0.1) is 0 Å². The number of hydrogen-bond donors (Lipinski definition) is 0. The van der Waals surface area contributed by atoms with Gasteiger partial charge in [0.15, 0.2) is 8.32 Å². The van der Waals surface area contributed by atoms with E-state index in [9.17, 15) is 0 Å². The summed E-state index contributed by atoms with van der Waals surface area (Å²) >= 11 is 1.84. The van der Waals surface area contributed by atoms with Crippen LogP contribution in [0.3, 0.4) is 0 Å². The third-order valence-electron chi connectivity index (χ3n) is 0.823. The van der Waals surface area contributed by atoms with Gasteiger partial charge < -0.3 is 4.43 Å². The van der Waals surface area contributed by atoms with Crippen molar-refractivity contribution in [3.8, 4) is 0 Å². The van der Waals surface area contributed by atoms with Gasteiger partial charge >= 0.3 is 0 Å². The third kappa shape index (κ3) is 8.53. The lowest BCUT2D eigenvalue weighted by atomic mass is 10.9. The van der Waals surface area contributed by atoms with Crippen LogP contribution in [0.2, 0.25) is 19.6 Å². The summed E-state index contributed by atoms with van der Waals surface area (Å²) in [6.07, 6.45) is 2.10. The van der Waals surface area contributed by atoms with E-state index < -0.39 is 8.32 Å². The molecule has 0 fully saturated rings. The Morgan fingerprint density at radius 1 is 1.33 bits per heavy atom. The predicted molar refractivity (Wildman–Crippen MR) is 47.7 cm³/mol. The maximum Gasteiger partial charge on any atom is 0.183 e. The molecular weight excluding hydrogens is 148 g/mol. The van der Waals surface area contributed by atoms with Crippen LogP contribution < -0.4 is 0 Å². The van der Waals surface area contributed by atoms with Crippen molar-refractivity contribution in [1.82, 2.24) is 0 Å².